The van der Waals surface area contributed by atoms with Crippen molar-refractivity contribution in [3.05, 3.63) is 99.5 Å². The molecule has 3 rings (SSSR count). The maximum Gasteiger partial charge on any atom is 0.261 e. The van der Waals surface area contributed by atoms with E-state index in [9.17, 15) is 9.59 Å². The summed E-state index contributed by atoms with van der Waals surface area (Å²) < 4.78 is 6.65. The average Bonchev–Trinajstić information content (AvgIpc) is 2.80. The summed E-state index contributed by atoms with van der Waals surface area (Å²) in [6.45, 7) is 5.77. The van der Waals surface area contributed by atoms with E-state index in [0.29, 0.717) is 17.2 Å². The Hall–Kier alpha value is -2.83. The molecule has 0 saturated heterocycles. The molecule has 5 nitrogen and oxygen atoms in total. The first-order valence-electron chi connectivity index (χ1n) is 11.4. The fraction of sp³-hybridized carbons (Fsp3) is 0.286. The van der Waals surface area contributed by atoms with Crippen molar-refractivity contribution in [2.75, 3.05) is 6.61 Å². The molecule has 2 amide bonds. The molecule has 3 aromatic rings. The Morgan fingerprint density at radius 1 is 0.971 bits per heavy atom. The third kappa shape index (κ3) is 8.41. The molecule has 1 N–H and O–H groups in total. The highest BCUT2D eigenvalue weighted by Gasteiger charge is 2.32. The lowest BCUT2D eigenvalue weighted by Crippen LogP contribution is -2.55. The molecule has 1 atom stereocenters. The van der Waals surface area contributed by atoms with Gasteiger partial charge >= 0.3 is 0 Å². The third-order valence-corrected chi connectivity index (χ3v) is 6.00. The van der Waals surface area contributed by atoms with Crippen LogP contribution in [-0.2, 0) is 22.6 Å². The minimum Gasteiger partial charge on any atom is -0.482 e. The number of para-hydroxylation sites is 1. The molecule has 0 aliphatic carbocycles. The van der Waals surface area contributed by atoms with Crippen LogP contribution in [0.15, 0.2) is 83.3 Å². The largest absolute Gasteiger partial charge is 0.482 e. The van der Waals surface area contributed by atoms with Crippen molar-refractivity contribution in [3.8, 4) is 5.75 Å². The van der Waals surface area contributed by atoms with Crippen LogP contribution in [0.25, 0.3) is 0 Å². The molecule has 0 heterocycles. The van der Waals surface area contributed by atoms with E-state index in [-0.39, 0.29) is 25.0 Å². The molecule has 3 aromatic carbocycles. The number of ether oxygens (including phenoxy) is 1. The molecule has 0 saturated carbocycles. The third-order valence-electron chi connectivity index (χ3n) is 5.20. The van der Waals surface area contributed by atoms with Gasteiger partial charge in [-0.2, -0.15) is 0 Å². The average molecular weight is 558 g/mol. The molecule has 7 heteroatoms. The van der Waals surface area contributed by atoms with E-state index in [1.807, 2.05) is 75.4 Å². The van der Waals surface area contributed by atoms with Crippen molar-refractivity contribution in [1.29, 1.82) is 0 Å². The fourth-order valence-electron chi connectivity index (χ4n) is 3.62. The van der Waals surface area contributed by atoms with Crippen LogP contribution in [0.1, 0.15) is 31.9 Å². The lowest BCUT2D eigenvalue weighted by atomic mass is 10.0. The molecule has 1 unspecified atom stereocenters. The Bertz CT molecular complexity index is 1150. The summed E-state index contributed by atoms with van der Waals surface area (Å²) in [6.07, 6.45) is 0.370. The summed E-state index contributed by atoms with van der Waals surface area (Å²) in [4.78, 5) is 28.7. The van der Waals surface area contributed by atoms with Gasteiger partial charge in [-0.05, 0) is 56.2 Å². The van der Waals surface area contributed by atoms with Gasteiger partial charge in [-0.25, -0.2) is 0 Å². The first kappa shape index (κ1) is 26.8. The molecule has 35 heavy (non-hydrogen) atoms. The Labute approximate surface area is 220 Å². The van der Waals surface area contributed by atoms with Gasteiger partial charge in [0, 0.05) is 23.0 Å². The number of rotatable bonds is 9. The summed E-state index contributed by atoms with van der Waals surface area (Å²) in [6, 6.07) is 23.7. The Morgan fingerprint density at radius 2 is 1.63 bits per heavy atom. The molecule has 184 valence electrons. The second-order valence-corrected chi connectivity index (χ2v) is 10.6. The molecule has 0 spiro atoms. The predicted molar refractivity (Wildman–Crippen MR) is 143 cm³/mol. The summed E-state index contributed by atoms with van der Waals surface area (Å²) in [5.41, 5.74) is 1.40. The summed E-state index contributed by atoms with van der Waals surface area (Å²) in [5.74, 6) is -0.110. The molecule has 0 fully saturated rings. The monoisotopic (exact) mass is 556 g/mol. The second kappa shape index (κ2) is 12.2. The van der Waals surface area contributed by atoms with Gasteiger partial charge in [0.05, 0.1) is 5.02 Å². The lowest BCUT2D eigenvalue weighted by molar-refractivity contribution is -0.143. The maximum absolute atomic E-state index is 13.6. The van der Waals surface area contributed by atoms with Crippen molar-refractivity contribution >= 4 is 39.3 Å². The zero-order valence-electron chi connectivity index (χ0n) is 20.1. The van der Waals surface area contributed by atoms with E-state index in [2.05, 4.69) is 21.2 Å². The zero-order chi connectivity index (χ0) is 25.4. The number of nitrogens with zero attached hydrogens (tertiary/aromatic N) is 1. The summed E-state index contributed by atoms with van der Waals surface area (Å²) >= 11 is 9.70. The number of benzene rings is 3. The van der Waals surface area contributed by atoms with Gasteiger partial charge in [0.2, 0.25) is 5.91 Å². The van der Waals surface area contributed by atoms with Crippen LogP contribution < -0.4 is 10.1 Å². The van der Waals surface area contributed by atoms with Crippen LogP contribution in [0.3, 0.4) is 0 Å². The van der Waals surface area contributed by atoms with Crippen LogP contribution in [0.5, 0.6) is 5.75 Å². The standard InChI is InChI=1S/C28H30BrClN2O3/c1-28(2,3)31-27(34)24(17-20-10-5-4-6-11-20)32(18-21-12-9-13-22(29)16-21)26(33)19-35-25-15-8-7-14-23(25)30/h4-16,24H,17-19H2,1-3H3,(H,31,34). The van der Waals surface area contributed by atoms with E-state index in [4.69, 9.17) is 16.3 Å². The van der Waals surface area contributed by atoms with E-state index in [0.717, 1.165) is 15.6 Å². The van der Waals surface area contributed by atoms with Crippen LogP contribution in [0.2, 0.25) is 5.02 Å². The smallest absolute Gasteiger partial charge is 0.261 e. The summed E-state index contributed by atoms with van der Waals surface area (Å²) in [5, 5.41) is 3.47. The van der Waals surface area contributed by atoms with E-state index in [1.165, 1.54) is 0 Å². The minimum atomic E-state index is -0.738. The Balaban J connectivity index is 1.94. The van der Waals surface area contributed by atoms with E-state index < -0.39 is 11.6 Å². The van der Waals surface area contributed by atoms with Gasteiger partial charge in [0.1, 0.15) is 11.8 Å². The van der Waals surface area contributed by atoms with Crippen molar-refractivity contribution in [2.45, 2.75) is 45.3 Å². The summed E-state index contributed by atoms with van der Waals surface area (Å²) in [7, 11) is 0. The normalized spacial score (nSPS) is 12.0. The maximum atomic E-state index is 13.6. The van der Waals surface area contributed by atoms with Crippen molar-refractivity contribution < 1.29 is 14.3 Å². The predicted octanol–water partition coefficient (Wildman–Crippen LogP) is 6.04. The molecular weight excluding hydrogens is 528 g/mol. The Kier molecular flexibility index (Phi) is 9.35. The number of nitrogens with one attached hydrogen (secondary N) is 1. The van der Waals surface area contributed by atoms with Crippen molar-refractivity contribution in [3.63, 3.8) is 0 Å². The van der Waals surface area contributed by atoms with Crippen LogP contribution >= 0.6 is 27.5 Å². The second-order valence-electron chi connectivity index (χ2n) is 9.32. The first-order valence-corrected chi connectivity index (χ1v) is 12.6. The van der Waals surface area contributed by atoms with Crippen LogP contribution in [0.4, 0.5) is 0 Å². The quantitative estimate of drug-likeness (QED) is 0.349. The number of carbonyl (C=O) groups is 2. The molecule has 0 aliphatic heterocycles. The molecule has 0 aromatic heterocycles. The number of hydrogen-bond acceptors (Lipinski definition) is 3. The van der Waals surface area contributed by atoms with E-state index in [1.54, 1.807) is 29.2 Å². The number of amides is 2. The molecule has 0 radical (unpaired) electrons. The molecule has 0 bridgehead atoms. The number of halogens is 2. The van der Waals surface area contributed by atoms with Gasteiger partial charge in [0.15, 0.2) is 6.61 Å². The van der Waals surface area contributed by atoms with Crippen molar-refractivity contribution in [2.24, 2.45) is 0 Å². The van der Waals surface area contributed by atoms with E-state index >= 15 is 0 Å². The van der Waals surface area contributed by atoms with Gasteiger partial charge in [-0.3, -0.25) is 9.59 Å². The SMILES string of the molecule is CC(C)(C)NC(=O)C(Cc1ccccc1)N(Cc1cccc(Br)c1)C(=O)COc1ccccc1Cl. The van der Waals surface area contributed by atoms with Gasteiger partial charge in [0.25, 0.3) is 5.91 Å². The number of carbonyl (C=O) groups excluding carboxylic acids is 2. The van der Waals surface area contributed by atoms with Crippen LogP contribution in [0, 0.1) is 0 Å². The zero-order valence-corrected chi connectivity index (χ0v) is 22.5. The van der Waals surface area contributed by atoms with Gasteiger partial charge < -0.3 is 15.0 Å². The first-order chi connectivity index (χ1) is 16.6. The minimum absolute atomic E-state index is 0.220. The van der Waals surface area contributed by atoms with Crippen LogP contribution in [-0.4, -0.2) is 34.9 Å². The Morgan fingerprint density at radius 3 is 2.29 bits per heavy atom. The lowest BCUT2D eigenvalue weighted by Gasteiger charge is -2.33. The highest BCUT2D eigenvalue weighted by Crippen LogP contribution is 2.24. The highest BCUT2D eigenvalue weighted by atomic mass is 79.9. The fourth-order valence-corrected chi connectivity index (χ4v) is 4.26. The molecular formula is C28H30BrClN2O3. The topological polar surface area (TPSA) is 58.6 Å². The molecule has 0 aliphatic rings. The van der Waals surface area contributed by atoms with Crippen molar-refractivity contribution in [1.82, 2.24) is 10.2 Å². The van der Waals surface area contributed by atoms with Gasteiger partial charge in [-0.1, -0.05) is 82.1 Å². The highest BCUT2D eigenvalue weighted by molar-refractivity contribution is 9.10. The van der Waals surface area contributed by atoms with Gasteiger partial charge in [-0.15, -0.1) is 0 Å². The number of hydrogen-bond donors (Lipinski definition) is 1.